The first-order valence-electron chi connectivity index (χ1n) is 7.17. The number of hydrogen-bond donors (Lipinski definition) is 2. The van der Waals surface area contributed by atoms with E-state index in [0.717, 1.165) is 16.9 Å². The molecule has 1 saturated heterocycles. The van der Waals surface area contributed by atoms with E-state index in [4.69, 9.17) is 4.74 Å². The number of carbonyl (C=O) groups excluding carboxylic acids is 1. The van der Waals surface area contributed by atoms with Crippen LogP contribution in [0, 0.1) is 5.92 Å². The quantitative estimate of drug-likeness (QED) is 0.818. The van der Waals surface area contributed by atoms with Crippen molar-refractivity contribution >= 4 is 12.0 Å². The van der Waals surface area contributed by atoms with Crippen LogP contribution >= 0.6 is 0 Å². The van der Waals surface area contributed by atoms with Crippen LogP contribution in [0.15, 0.2) is 42.5 Å². The van der Waals surface area contributed by atoms with E-state index in [-0.39, 0.29) is 17.9 Å². The van der Waals surface area contributed by atoms with Crippen LogP contribution in [0.4, 0.5) is 0 Å². The highest BCUT2D eigenvalue weighted by Gasteiger charge is 2.26. The van der Waals surface area contributed by atoms with E-state index < -0.39 is 0 Å². The van der Waals surface area contributed by atoms with Crippen molar-refractivity contribution < 1.29 is 9.53 Å². The molecule has 2 atom stereocenters. The van der Waals surface area contributed by atoms with E-state index >= 15 is 0 Å². The molecule has 2 N–H and O–H groups in total. The third-order valence-electron chi connectivity index (χ3n) is 3.59. The zero-order chi connectivity index (χ0) is 15.2. The second-order valence-electron chi connectivity index (χ2n) is 5.38. The van der Waals surface area contributed by atoms with Gasteiger partial charge >= 0.3 is 0 Å². The van der Waals surface area contributed by atoms with E-state index in [1.54, 1.807) is 6.08 Å². The Morgan fingerprint density at radius 3 is 2.95 bits per heavy atom. The SMILES string of the molecule is C=CCOc1ccccc1/C=C(\C)C1NNC(=O)CC1C. The Bertz CT molecular complexity index is 551. The zero-order valence-electron chi connectivity index (χ0n) is 12.6. The lowest BCUT2D eigenvalue weighted by Crippen LogP contribution is -2.53. The van der Waals surface area contributed by atoms with Gasteiger partial charge in [-0.05, 0) is 18.9 Å². The van der Waals surface area contributed by atoms with Gasteiger partial charge in [0.05, 0.1) is 6.04 Å². The Balaban J connectivity index is 2.18. The number of hydrazine groups is 1. The van der Waals surface area contributed by atoms with E-state index in [9.17, 15) is 4.79 Å². The molecule has 2 rings (SSSR count). The van der Waals surface area contributed by atoms with E-state index in [1.807, 2.05) is 24.3 Å². The molecule has 4 nitrogen and oxygen atoms in total. The summed E-state index contributed by atoms with van der Waals surface area (Å²) in [6.07, 6.45) is 4.37. The van der Waals surface area contributed by atoms with Crippen molar-refractivity contribution in [1.29, 1.82) is 0 Å². The van der Waals surface area contributed by atoms with Crippen molar-refractivity contribution in [3.63, 3.8) is 0 Å². The molecule has 0 saturated carbocycles. The number of carbonyl (C=O) groups is 1. The molecule has 21 heavy (non-hydrogen) atoms. The van der Waals surface area contributed by atoms with Crippen molar-refractivity contribution in [2.24, 2.45) is 5.92 Å². The van der Waals surface area contributed by atoms with Gasteiger partial charge in [-0.1, -0.05) is 49.4 Å². The summed E-state index contributed by atoms with van der Waals surface area (Å²) in [5.41, 5.74) is 7.97. The lowest BCUT2D eigenvalue weighted by molar-refractivity contribution is -0.125. The minimum Gasteiger partial charge on any atom is -0.489 e. The van der Waals surface area contributed by atoms with Crippen LogP contribution in [0.1, 0.15) is 25.8 Å². The van der Waals surface area contributed by atoms with E-state index in [0.29, 0.717) is 13.0 Å². The lowest BCUT2D eigenvalue weighted by Gasteiger charge is -2.30. The molecule has 1 aliphatic heterocycles. The van der Waals surface area contributed by atoms with Gasteiger partial charge < -0.3 is 4.74 Å². The normalized spacial score (nSPS) is 22.6. The molecule has 0 spiro atoms. The summed E-state index contributed by atoms with van der Waals surface area (Å²) in [5, 5.41) is 0. The summed E-state index contributed by atoms with van der Waals surface area (Å²) < 4.78 is 5.67. The van der Waals surface area contributed by atoms with Crippen LogP contribution in [0.5, 0.6) is 5.75 Å². The molecule has 0 aliphatic carbocycles. The standard InChI is InChI=1S/C17H22N2O2/c1-4-9-21-15-8-6-5-7-14(15)10-12(2)17-13(3)11-16(20)18-19-17/h4-8,10,13,17,19H,1,9,11H2,2-3H3,(H,18,20)/b12-10+. The van der Waals surface area contributed by atoms with E-state index in [2.05, 4.69) is 37.4 Å². The van der Waals surface area contributed by atoms with Crippen molar-refractivity contribution in [1.82, 2.24) is 10.9 Å². The number of ether oxygens (including phenoxy) is 1. The third kappa shape index (κ3) is 3.95. The number of nitrogens with one attached hydrogen (secondary N) is 2. The fraction of sp³-hybridized carbons (Fsp3) is 0.353. The Morgan fingerprint density at radius 2 is 2.24 bits per heavy atom. The first kappa shape index (κ1) is 15.3. The average molecular weight is 286 g/mol. The zero-order valence-corrected chi connectivity index (χ0v) is 12.6. The Kier molecular flexibility index (Phi) is 5.17. The van der Waals surface area contributed by atoms with Crippen LogP contribution in [-0.4, -0.2) is 18.6 Å². The van der Waals surface area contributed by atoms with Gasteiger partial charge in [0.15, 0.2) is 0 Å². The van der Waals surface area contributed by atoms with Gasteiger partial charge in [0, 0.05) is 12.0 Å². The third-order valence-corrected chi connectivity index (χ3v) is 3.59. The minimum atomic E-state index is 0.0428. The van der Waals surface area contributed by atoms with Crippen molar-refractivity contribution in [2.75, 3.05) is 6.61 Å². The first-order chi connectivity index (χ1) is 10.1. The van der Waals surface area contributed by atoms with Crippen molar-refractivity contribution in [2.45, 2.75) is 26.3 Å². The molecule has 1 heterocycles. The minimum absolute atomic E-state index is 0.0428. The van der Waals surface area contributed by atoms with Gasteiger partial charge in [-0.15, -0.1) is 0 Å². The van der Waals surface area contributed by atoms with Gasteiger partial charge in [0.25, 0.3) is 0 Å². The number of rotatable bonds is 5. The first-order valence-corrected chi connectivity index (χ1v) is 7.17. The fourth-order valence-electron chi connectivity index (χ4n) is 2.54. The van der Waals surface area contributed by atoms with Crippen LogP contribution in [0.3, 0.4) is 0 Å². The summed E-state index contributed by atoms with van der Waals surface area (Å²) in [4.78, 5) is 11.3. The van der Waals surface area contributed by atoms with Crippen molar-refractivity contribution in [3.8, 4) is 5.75 Å². The number of hydrogen-bond acceptors (Lipinski definition) is 3. The second kappa shape index (κ2) is 7.09. The summed E-state index contributed by atoms with van der Waals surface area (Å²) >= 11 is 0. The van der Waals surface area contributed by atoms with Gasteiger partial charge in [-0.2, -0.15) is 0 Å². The van der Waals surface area contributed by atoms with Crippen LogP contribution < -0.4 is 15.6 Å². The van der Waals surface area contributed by atoms with Crippen LogP contribution in [0.25, 0.3) is 6.08 Å². The molecular formula is C17H22N2O2. The lowest BCUT2D eigenvalue weighted by atomic mass is 9.90. The molecule has 112 valence electrons. The van der Waals surface area contributed by atoms with E-state index in [1.165, 1.54) is 0 Å². The topological polar surface area (TPSA) is 50.4 Å². The second-order valence-corrected chi connectivity index (χ2v) is 5.38. The molecule has 0 radical (unpaired) electrons. The predicted octanol–water partition coefficient (Wildman–Crippen LogP) is 2.68. The molecule has 1 aromatic rings. The summed E-state index contributed by atoms with van der Waals surface area (Å²) in [6.45, 7) is 8.29. The van der Waals surface area contributed by atoms with Crippen molar-refractivity contribution in [3.05, 3.63) is 48.1 Å². The number of benzene rings is 1. The van der Waals surface area contributed by atoms with Gasteiger partial charge in [-0.3, -0.25) is 10.2 Å². The van der Waals surface area contributed by atoms with Gasteiger partial charge in [0.1, 0.15) is 12.4 Å². The number of para-hydroxylation sites is 1. The maximum Gasteiger partial charge on any atom is 0.234 e. The average Bonchev–Trinajstić information content (AvgIpc) is 2.46. The highest BCUT2D eigenvalue weighted by molar-refractivity contribution is 5.77. The number of amides is 1. The van der Waals surface area contributed by atoms with Gasteiger partial charge in [0.2, 0.25) is 5.91 Å². The van der Waals surface area contributed by atoms with Crippen LogP contribution in [-0.2, 0) is 4.79 Å². The van der Waals surface area contributed by atoms with Crippen LogP contribution in [0.2, 0.25) is 0 Å². The molecule has 1 aromatic carbocycles. The summed E-state index contributed by atoms with van der Waals surface area (Å²) in [6, 6.07) is 8.04. The molecule has 1 amide bonds. The molecular weight excluding hydrogens is 264 g/mol. The molecule has 0 aromatic heterocycles. The highest BCUT2D eigenvalue weighted by Crippen LogP contribution is 2.25. The maximum absolute atomic E-state index is 11.3. The molecule has 4 heteroatoms. The summed E-state index contributed by atoms with van der Waals surface area (Å²) in [7, 11) is 0. The fourth-order valence-corrected chi connectivity index (χ4v) is 2.54. The Hall–Kier alpha value is -2.07. The monoisotopic (exact) mass is 286 g/mol. The smallest absolute Gasteiger partial charge is 0.234 e. The maximum atomic E-state index is 11.3. The highest BCUT2D eigenvalue weighted by atomic mass is 16.5. The Labute approximate surface area is 125 Å². The van der Waals surface area contributed by atoms with Gasteiger partial charge in [-0.25, -0.2) is 5.43 Å². The molecule has 2 unspecified atom stereocenters. The predicted molar refractivity (Wildman–Crippen MR) is 84.6 cm³/mol. The molecule has 1 fully saturated rings. The molecule has 0 bridgehead atoms. The molecule has 1 aliphatic rings. The Morgan fingerprint density at radius 1 is 1.48 bits per heavy atom. The largest absolute Gasteiger partial charge is 0.489 e. The summed E-state index contributed by atoms with van der Waals surface area (Å²) in [5.74, 6) is 1.14.